The van der Waals surface area contributed by atoms with Gasteiger partial charge in [0.2, 0.25) is 0 Å². The van der Waals surface area contributed by atoms with Gasteiger partial charge >= 0.3 is 5.76 Å². The summed E-state index contributed by atoms with van der Waals surface area (Å²) in [6, 6.07) is 6.20. The zero-order chi connectivity index (χ0) is 15.6. The summed E-state index contributed by atoms with van der Waals surface area (Å²) in [4.78, 5) is 16.1. The van der Waals surface area contributed by atoms with Crippen LogP contribution in [0.5, 0.6) is 0 Å². The minimum Gasteiger partial charge on any atom is -0.266 e. The van der Waals surface area contributed by atoms with Crippen molar-refractivity contribution in [3.63, 3.8) is 0 Å². The van der Waals surface area contributed by atoms with Gasteiger partial charge in [-0.15, -0.1) is 11.3 Å². The molecule has 5 nitrogen and oxygen atoms in total. The minimum atomic E-state index is -4.99. The number of amides is 1. The van der Waals surface area contributed by atoms with E-state index < -0.39 is 21.7 Å². The number of aromatic nitrogens is 1. The molecule has 0 aliphatic heterocycles. The van der Waals surface area contributed by atoms with Crippen molar-refractivity contribution in [3.05, 3.63) is 40.5 Å². The van der Waals surface area contributed by atoms with E-state index >= 15 is 0 Å². The van der Waals surface area contributed by atoms with Crippen molar-refractivity contribution in [3.8, 4) is 10.4 Å². The Morgan fingerprint density at radius 3 is 2.48 bits per heavy atom. The highest BCUT2D eigenvalue weighted by Crippen LogP contribution is 2.30. The molecule has 0 aromatic carbocycles. The zero-order valence-electron chi connectivity index (χ0n) is 10.1. The second-order valence-electron chi connectivity index (χ2n) is 3.77. The van der Waals surface area contributed by atoms with Crippen molar-refractivity contribution < 1.29 is 22.0 Å². The maximum Gasteiger partial charge on any atom is 0.355 e. The molecule has 2 aromatic rings. The van der Waals surface area contributed by atoms with Crippen molar-refractivity contribution in [2.45, 2.75) is 5.76 Å². The normalized spacial score (nSPS) is 11.6. The average Bonchev–Trinajstić information content (AvgIpc) is 2.85. The number of rotatable bonds is 4. The van der Waals surface area contributed by atoms with Gasteiger partial charge in [0.05, 0.1) is 4.34 Å². The average molecular weight is 353 g/mol. The Morgan fingerprint density at radius 1 is 1.29 bits per heavy atom. The minimum absolute atomic E-state index is 0.286. The third kappa shape index (κ3) is 3.74. The van der Waals surface area contributed by atoms with Crippen LogP contribution < -0.4 is 4.72 Å². The van der Waals surface area contributed by atoms with E-state index in [9.17, 15) is 22.0 Å². The molecule has 21 heavy (non-hydrogen) atoms. The summed E-state index contributed by atoms with van der Waals surface area (Å²) in [7, 11) is -4.99. The fraction of sp³-hybridized carbons (Fsp3) is 0.0909. The van der Waals surface area contributed by atoms with Crippen molar-refractivity contribution >= 4 is 38.9 Å². The van der Waals surface area contributed by atoms with E-state index in [-0.39, 0.29) is 5.69 Å². The molecule has 112 valence electrons. The summed E-state index contributed by atoms with van der Waals surface area (Å²) >= 11 is 7.09. The summed E-state index contributed by atoms with van der Waals surface area (Å²) in [5, 5.41) is 0. The highest BCUT2D eigenvalue weighted by molar-refractivity contribution is 7.90. The lowest BCUT2D eigenvalue weighted by Crippen LogP contribution is -2.35. The molecule has 1 amide bonds. The molecule has 0 aliphatic carbocycles. The fourth-order valence-corrected chi connectivity index (χ4v) is 2.85. The number of nitrogens with one attached hydrogen (secondary N) is 1. The fourth-order valence-electron chi connectivity index (χ4n) is 1.37. The standard InChI is InChI=1S/C11H7ClF2N2O3S2/c12-9-4-3-8(20-9)6-1-2-7(15-5-6)10(17)16-21(18,19)11(13)14/h1-5,11H,(H,16,17). The molecular weight excluding hydrogens is 346 g/mol. The number of nitrogens with zero attached hydrogens (tertiary/aromatic N) is 1. The van der Waals surface area contributed by atoms with Gasteiger partial charge in [0.1, 0.15) is 5.69 Å². The molecule has 0 radical (unpaired) electrons. The topological polar surface area (TPSA) is 76.1 Å². The Bertz CT molecular complexity index is 760. The van der Waals surface area contributed by atoms with Crippen LogP contribution in [0, 0.1) is 0 Å². The first kappa shape index (κ1) is 15.8. The van der Waals surface area contributed by atoms with Gasteiger partial charge < -0.3 is 0 Å². The highest BCUT2D eigenvalue weighted by atomic mass is 35.5. The number of hydrogen-bond acceptors (Lipinski definition) is 5. The summed E-state index contributed by atoms with van der Waals surface area (Å²) in [5.74, 6) is -4.90. The van der Waals surface area contributed by atoms with Crippen LogP contribution in [0.4, 0.5) is 8.78 Å². The second-order valence-corrected chi connectivity index (χ2v) is 7.14. The number of alkyl halides is 2. The van der Waals surface area contributed by atoms with Crippen LogP contribution in [0.15, 0.2) is 30.5 Å². The number of sulfonamides is 1. The van der Waals surface area contributed by atoms with Crippen molar-refractivity contribution in [2.75, 3.05) is 0 Å². The van der Waals surface area contributed by atoms with Crippen LogP contribution in [0.2, 0.25) is 4.34 Å². The Hall–Kier alpha value is -1.58. The Morgan fingerprint density at radius 2 is 2.00 bits per heavy atom. The highest BCUT2D eigenvalue weighted by Gasteiger charge is 2.27. The molecule has 1 N–H and O–H groups in total. The van der Waals surface area contributed by atoms with E-state index in [1.807, 2.05) is 0 Å². The van der Waals surface area contributed by atoms with Crippen LogP contribution in [0.25, 0.3) is 10.4 Å². The molecule has 0 spiro atoms. The lowest BCUT2D eigenvalue weighted by atomic mass is 10.2. The van der Waals surface area contributed by atoms with Gasteiger partial charge in [0.15, 0.2) is 0 Å². The number of thiophene rings is 1. The number of halogens is 3. The van der Waals surface area contributed by atoms with Crippen molar-refractivity contribution in [1.29, 1.82) is 0 Å². The van der Waals surface area contributed by atoms with E-state index in [0.717, 1.165) is 4.88 Å². The summed E-state index contributed by atoms with van der Waals surface area (Å²) < 4.78 is 47.9. The van der Waals surface area contributed by atoms with Crippen molar-refractivity contribution in [1.82, 2.24) is 9.71 Å². The number of pyridine rings is 1. The van der Waals surface area contributed by atoms with Crippen LogP contribution in [0.3, 0.4) is 0 Å². The molecule has 0 atom stereocenters. The molecule has 2 heterocycles. The van der Waals surface area contributed by atoms with Gasteiger partial charge in [-0.3, -0.25) is 9.78 Å². The van der Waals surface area contributed by atoms with Gasteiger partial charge in [-0.25, -0.2) is 13.1 Å². The molecule has 2 rings (SSSR count). The maximum atomic E-state index is 12.1. The Labute approximate surface area is 127 Å². The van der Waals surface area contributed by atoms with Gasteiger partial charge in [0.25, 0.3) is 15.9 Å². The van der Waals surface area contributed by atoms with E-state index in [0.29, 0.717) is 9.90 Å². The number of carbonyl (C=O) groups is 1. The van der Waals surface area contributed by atoms with Crippen LogP contribution in [0.1, 0.15) is 10.5 Å². The first-order valence-electron chi connectivity index (χ1n) is 5.35. The second kappa shape index (κ2) is 6.04. The zero-order valence-corrected chi connectivity index (χ0v) is 12.5. The van der Waals surface area contributed by atoms with Gasteiger partial charge in [-0.05, 0) is 24.3 Å². The third-order valence-electron chi connectivity index (χ3n) is 2.32. The maximum absolute atomic E-state index is 12.1. The van der Waals surface area contributed by atoms with Crippen LogP contribution in [-0.2, 0) is 10.0 Å². The van der Waals surface area contributed by atoms with E-state index in [1.54, 1.807) is 12.1 Å². The van der Waals surface area contributed by atoms with Gasteiger partial charge in [-0.1, -0.05) is 11.6 Å². The van der Waals surface area contributed by atoms with E-state index in [2.05, 4.69) is 4.98 Å². The SMILES string of the molecule is O=C(NS(=O)(=O)C(F)F)c1ccc(-c2ccc(Cl)s2)cn1. The molecule has 10 heteroatoms. The van der Waals surface area contributed by atoms with Gasteiger partial charge in [-0.2, -0.15) is 8.78 Å². The first-order chi connectivity index (χ1) is 9.79. The molecular formula is C11H7ClF2N2O3S2. The van der Waals surface area contributed by atoms with E-state index in [4.69, 9.17) is 11.6 Å². The Balaban J connectivity index is 2.18. The lowest BCUT2D eigenvalue weighted by Gasteiger charge is -2.05. The summed E-state index contributed by atoms with van der Waals surface area (Å²) in [6.07, 6.45) is 1.33. The predicted octanol–water partition coefficient (Wildman–Crippen LogP) is 2.75. The van der Waals surface area contributed by atoms with Crippen molar-refractivity contribution in [2.24, 2.45) is 0 Å². The van der Waals surface area contributed by atoms with E-state index in [1.165, 1.54) is 34.4 Å². The molecule has 0 saturated heterocycles. The Kier molecular flexibility index (Phi) is 4.55. The number of hydrogen-bond donors (Lipinski definition) is 1. The number of carbonyl (C=O) groups excluding carboxylic acids is 1. The third-order valence-corrected chi connectivity index (χ3v) is 4.54. The predicted molar refractivity (Wildman–Crippen MR) is 75.0 cm³/mol. The largest absolute Gasteiger partial charge is 0.355 e. The molecule has 0 saturated carbocycles. The quantitative estimate of drug-likeness (QED) is 0.918. The molecule has 2 aromatic heterocycles. The summed E-state index contributed by atoms with van der Waals surface area (Å²) in [5.41, 5.74) is 0.380. The monoisotopic (exact) mass is 352 g/mol. The van der Waals surface area contributed by atoms with Crippen LogP contribution in [-0.4, -0.2) is 25.1 Å². The lowest BCUT2D eigenvalue weighted by molar-refractivity contribution is 0.0972. The molecule has 0 aliphatic rings. The van der Waals surface area contributed by atoms with Gasteiger partial charge in [0, 0.05) is 16.6 Å². The molecule has 0 unspecified atom stereocenters. The molecule has 0 bridgehead atoms. The molecule has 0 fully saturated rings. The summed E-state index contributed by atoms with van der Waals surface area (Å²) in [6.45, 7) is 0. The first-order valence-corrected chi connectivity index (χ1v) is 8.09. The smallest absolute Gasteiger partial charge is 0.266 e. The van der Waals surface area contributed by atoms with Crippen LogP contribution >= 0.6 is 22.9 Å².